The standard InChI is InChI=1S/C23H26N4O/c1-17-9-6-7-13-20(17)16-25-22-15-21(26-18(2)27-22)23(28)24-14-8-12-19-10-4-3-5-11-19/h3-7,9-11,13,15H,8,12,14,16H2,1-2H3,(H,24,28)(H,25,26,27). The second-order valence-electron chi connectivity index (χ2n) is 6.81. The zero-order valence-corrected chi connectivity index (χ0v) is 16.4. The van der Waals surface area contributed by atoms with E-state index in [9.17, 15) is 4.79 Å². The Kier molecular flexibility index (Phi) is 6.73. The summed E-state index contributed by atoms with van der Waals surface area (Å²) < 4.78 is 0. The van der Waals surface area contributed by atoms with Gasteiger partial charge in [0.2, 0.25) is 0 Å². The first kappa shape index (κ1) is 19.5. The number of aryl methyl sites for hydroxylation is 3. The maximum Gasteiger partial charge on any atom is 0.270 e. The van der Waals surface area contributed by atoms with Crippen molar-refractivity contribution in [2.45, 2.75) is 33.2 Å². The highest BCUT2D eigenvalue weighted by atomic mass is 16.1. The van der Waals surface area contributed by atoms with E-state index in [1.165, 1.54) is 16.7 Å². The number of carbonyl (C=O) groups excluding carboxylic acids is 1. The van der Waals surface area contributed by atoms with E-state index in [-0.39, 0.29) is 5.91 Å². The van der Waals surface area contributed by atoms with Crippen molar-refractivity contribution in [2.24, 2.45) is 0 Å². The first-order valence-electron chi connectivity index (χ1n) is 9.58. The summed E-state index contributed by atoms with van der Waals surface area (Å²) in [6.45, 7) is 5.14. The van der Waals surface area contributed by atoms with Gasteiger partial charge in [-0.05, 0) is 43.4 Å². The lowest BCUT2D eigenvalue weighted by atomic mass is 10.1. The van der Waals surface area contributed by atoms with E-state index < -0.39 is 0 Å². The summed E-state index contributed by atoms with van der Waals surface area (Å²) in [7, 11) is 0. The molecule has 5 nitrogen and oxygen atoms in total. The van der Waals surface area contributed by atoms with Crippen LogP contribution in [0.4, 0.5) is 5.82 Å². The van der Waals surface area contributed by atoms with Gasteiger partial charge < -0.3 is 10.6 Å². The van der Waals surface area contributed by atoms with Crippen LogP contribution in [0, 0.1) is 13.8 Å². The first-order valence-corrected chi connectivity index (χ1v) is 9.58. The SMILES string of the molecule is Cc1nc(NCc2ccccc2C)cc(C(=O)NCCCc2ccccc2)n1. The Morgan fingerprint density at radius 3 is 2.50 bits per heavy atom. The Morgan fingerprint density at radius 2 is 1.71 bits per heavy atom. The number of amides is 1. The van der Waals surface area contributed by atoms with Gasteiger partial charge in [0, 0.05) is 19.2 Å². The Hall–Kier alpha value is -3.21. The molecule has 0 radical (unpaired) electrons. The fraction of sp³-hybridized carbons (Fsp3) is 0.261. The van der Waals surface area contributed by atoms with Crippen molar-refractivity contribution in [3.8, 4) is 0 Å². The third-order valence-electron chi connectivity index (χ3n) is 4.56. The monoisotopic (exact) mass is 374 g/mol. The molecule has 0 aliphatic heterocycles. The molecule has 2 N–H and O–H groups in total. The molecular weight excluding hydrogens is 348 g/mol. The minimum atomic E-state index is -0.169. The largest absolute Gasteiger partial charge is 0.366 e. The Morgan fingerprint density at radius 1 is 0.964 bits per heavy atom. The van der Waals surface area contributed by atoms with Crippen LogP contribution in [-0.4, -0.2) is 22.4 Å². The minimum absolute atomic E-state index is 0.169. The van der Waals surface area contributed by atoms with E-state index in [2.05, 4.69) is 51.8 Å². The Bertz CT molecular complexity index is 925. The number of carbonyl (C=O) groups is 1. The van der Waals surface area contributed by atoms with Gasteiger partial charge in [-0.25, -0.2) is 9.97 Å². The van der Waals surface area contributed by atoms with E-state index in [0.717, 1.165) is 12.8 Å². The van der Waals surface area contributed by atoms with E-state index in [0.29, 0.717) is 30.4 Å². The van der Waals surface area contributed by atoms with Crippen LogP contribution in [0.1, 0.15) is 39.4 Å². The summed E-state index contributed by atoms with van der Waals surface area (Å²) in [5.74, 6) is 1.06. The third kappa shape index (κ3) is 5.64. The quantitative estimate of drug-likeness (QED) is 0.583. The molecule has 3 rings (SSSR count). The summed E-state index contributed by atoms with van der Waals surface area (Å²) in [5.41, 5.74) is 4.08. The van der Waals surface area contributed by atoms with E-state index >= 15 is 0 Å². The van der Waals surface area contributed by atoms with Crippen molar-refractivity contribution < 1.29 is 4.79 Å². The summed E-state index contributed by atoms with van der Waals surface area (Å²) >= 11 is 0. The molecule has 1 aromatic heterocycles. The average Bonchev–Trinajstić information content (AvgIpc) is 2.71. The number of nitrogens with zero attached hydrogens (tertiary/aromatic N) is 2. The number of anilines is 1. The van der Waals surface area contributed by atoms with Gasteiger partial charge in [-0.2, -0.15) is 0 Å². The topological polar surface area (TPSA) is 66.9 Å². The second-order valence-corrected chi connectivity index (χ2v) is 6.81. The van der Waals surface area contributed by atoms with Gasteiger partial charge >= 0.3 is 0 Å². The summed E-state index contributed by atoms with van der Waals surface area (Å²) in [4.78, 5) is 21.1. The van der Waals surface area contributed by atoms with Crippen molar-refractivity contribution in [1.82, 2.24) is 15.3 Å². The molecule has 0 bridgehead atoms. The average molecular weight is 374 g/mol. The minimum Gasteiger partial charge on any atom is -0.366 e. The smallest absolute Gasteiger partial charge is 0.270 e. The molecule has 28 heavy (non-hydrogen) atoms. The molecule has 5 heteroatoms. The molecule has 0 saturated heterocycles. The number of benzene rings is 2. The van der Waals surface area contributed by atoms with Crippen LogP contribution in [0.2, 0.25) is 0 Å². The molecule has 1 heterocycles. The molecular formula is C23H26N4O. The molecule has 2 aromatic carbocycles. The zero-order valence-electron chi connectivity index (χ0n) is 16.4. The van der Waals surface area contributed by atoms with Crippen molar-refractivity contribution >= 4 is 11.7 Å². The van der Waals surface area contributed by atoms with Crippen LogP contribution >= 0.6 is 0 Å². The highest BCUT2D eigenvalue weighted by Gasteiger charge is 2.10. The van der Waals surface area contributed by atoms with Crippen LogP contribution in [0.15, 0.2) is 60.7 Å². The second kappa shape index (κ2) is 9.65. The van der Waals surface area contributed by atoms with E-state index in [1.807, 2.05) is 30.3 Å². The normalized spacial score (nSPS) is 10.5. The number of hydrogen-bond donors (Lipinski definition) is 2. The van der Waals surface area contributed by atoms with E-state index in [1.54, 1.807) is 13.0 Å². The predicted molar refractivity (Wildman–Crippen MR) is 112 cm³/mol. The zero-order chi connectivity index (χ0) is 19.8. The number of nitrogens with one attached hydrogen (secondary N) is 2. The Labute approximate surface area is 166 Å². The molecule has 0 aliphatic rings. The molecule has 3 aromatic rings. The molecule has 144 valence electrons. The molecule has 0 aliphatic carbocycles. The van der Waals surface area contributed by atoms with E-state index in [4.69, 9.17) is 0 Å². The first-order chi connectivity index (χ1) is 13.6. The highest BCUT2D eigenvalue weighted by Crippen LogP contribution is 2.12. The number of hydrogen-bond acceptors (Lipinski definition) is 4. The van der Waals surface area contributed by atoms with Crippen molar-refractivity contribution in [3.63, 3.8) is 0 Å². The number of aromatic nitrogens is 2. The summed E-state index contributed by atoms with van der Waals surface area (Å²) in [5, 5.41) is 6.25. The lowest BCUT2D eigenvalue weighted by Crippen LogP contribution is -2.26. The fourth-order valence-corrected chi connectivity index (χ4v) is 3.00. The van der Waals surface area contributed by atoms with Crippen LogP contribution in [0.3, 0.4) is 0 Å². The van der Waals surface area contributed by atoms with Crippen LogP contribution in [-0.2, 0) is 13.0 Å². The summed E-state index contributed by atoms with van der Waals surface area (Å²) in [6.07, 6.45) is 1.82. The summed E-state index contributed by atoms with van der Waals surface area (Å²) in [6, 6.07) is 20.2. The number of rotatable bonds is 8. The van der Waals surface area contributed by atoms with Crippen molar-refractivity contribution in [2.75, 3.05) is 11.9 Å². The molecule has 0 atom stereocenters. The van der Waals surface area contributed by atoms with Crippen LogP contribution < -0.4 is 10.6 Å². The molecule has 1 amide bonds. The van der Waals surface area contributed by atoms with Gasteiger partial charge in [0.1, 0.15) is 17.3 Å². The predicted octanol–water partition coefficient (Wildman–Crippen LogP) is 4.07. The lowest BCUT2D eigenvalue weighted by Gasteiger charge is -2.10. The van der Waals surface area contributed by atoms with Crippen molar-refractivity contribution in [1.29, 1.82) is 0 Å². The maximum atomic E-state index is 12.5. The lowest BCUT2D eigenvalue weighted by molar-refractivity contribution is 0.0948. The van der Waals surface area contributed by atoms with Gasteiger partial charge in [0.05, 0.1) is 0 Å². The van der Waals surface area contributed by atoms with Gasteiger partial charge in [-0.1, -0.05) is 54.6 Å². The Balaban J connectivity index is 1.54. The van der Waals surface area contributed by atoms with Gasteiger partial charge in [0.15, 0.2) is 0 Å². The van der Waals surface area contributed by atoms with Gasteiger partial charge in [-0.15, -0.1) is 0 Å². The molecule has 0 fully saturated rings. The van der Waals surface area contributed by atoms with Gasteiger partial charge in [-0.3, -0.25) is 4.79 Å². The molecule has 0 spiro atoms. The van der Waals surface area contributed by atoms with Crippen LogP contribution in [0.25, 0.3) is 0 Å². The fourth-order valence-electron chi connectivity index (χ4n) is 3.00. The molecule has 0 saturated carbocycles. The third-order valence-corrected chi connectivity index (χ3v) is 4.56. The maximum absolute atomic E-state index is 12.5. The van der Waals surface area contributed by atoms with Crippen LogP contribution in [0.5, 0.6) is 0 Å². The highest BCUT2D eigenvalue weighted by molar-refractivity contribution is 5.92. The molecule has 0 unspecified atom stereocenters. The van der Waals surface area contributed by atoms with Gasteiger partial charge in [0.25, 0.3) is 5.91 Å². The van der Waals surface area contributed by atoms with Crippen molar-refractivity contribution in [3.05, 3.63) is 88.9 Å².